The number of carbonyl (C=O) groups excluding carboxylic acids is 1. The van der Waals surface area contributed by atoms with Gasteiger partial charge in [-0.15, -0.1) is 0 Å². The van der Waals surface area contributed by atoms with Crippen LogP contribution >= 0.6 is 12.2 Å². The van der Waals surface area contributed by atoms with E-state index in [0.29, 0.717) is 16.6 Å². The van der Waals surface area contributed by atoms with Gasteiger partial charge in [0, 0.05) is 12.1 Å². The van der Waals surface area contributed by atoms with E-state index in [-0.39, 0.29) is 11.9 Å². The van der Waals surface area contributed by atoms with Gasteiger partial charge in [-0.3, -0.25) is 9.69 Å². The highest BCUT2D eigenvalue weighted by atomic mass is 32.1. The highest BCUT2D eigenvalue weighted by molar-refractivity contribution is 7.80. The van der Waals surface area contributed by atoms with E-state index in [4.69, 9.17) is 16.6 Å². The van der Waals surface area contributed by atoms with Gasteiger partial charge in [0.05, 0.1) is 6.26 Å². The van der Waals surface area contributed by atoms with E-state index in [1.165, 1.54) is 19.3 Å². The molecule has 1 saturated carbocycles. The molecular formula is C14H16N2O2S. The van der Waals surface area contributed by atoms with Gasteiger partial charge in [0.15, 0.2) is 5.11 Å². The van der Waals surface area contributed by atoms with Crippen LogP contribution in [0.5, 0.6) is 0 Å². The Morgan fingerprint density at radius 3 is 2.84 bits per heavy atom. The van der Waals surface area contributed by atoms with Crippen molar-refractivity contribution in [1.82, 2.24) is 10.2 Å². The van der Waals surface area contributed by atoms with Crippen molar-refractivity contribution >= 4 is 29.3 Å². The van der Waals surface area contributed by atoms with Crippen LogP contribution in [-0.2, 0) is 4.79 Å². The summed E-state index contributed by atoms with van der Waals surface area (Å²) < 4.78 is 5.23. The van der Waals surface area contributed by atoms with Gasteiger partial charge in [0.1, 0.15) is 11.5 Å². The van der Waals surface area contributed by atoms with Crippen LogP contribution < -0.4 is 5.32 Å². The second kappa shape index (κ2) is 5.17. The minimum Gasteiger partial charge on any atom is -0.465 e. The zero-order valence-electron chi connectivity index (χ0n) is 10.6. The van der Waals surface area contributed by atoms with E-state index in [1.807, 2.05) is 6.07 Å². The Morgan fingerprint density at radius 2 is 2.16 bits per heavy atom. The van der Waals surface area contributed by atoms with Crippen LogP contribution in [0.4, 0.5) is 0 Å². The van der Waals surface area contributed by atoms with Crippen molar-refractivity contribution in [2.45, 2.75) is 38.1 Å². The minimum absolute atomic E-state index is 0.0340. The molecule has 100 valence electrons. The lowest BCUT2D eigenvalue weighted by Crippen LogP contribution is -2.41. The van der Waals surface area contributed by atoms with Crippen LogP contribution in [0.25, 0.3) is 6.08 Å². The molecule has 2 fully saturated rings. The first-order valence-corrected chi connectivity index (χ1v) is 7.06. The molecular weight excluding hydrogens is 260 g/mol. The molecule has 1 saturated heterocycles. The number of rotatable bonds is 2. The third-order valence-corrected chi connectivity index (χ3v) is 3.98. The summed E-state index contributed by atoms with van der Waals surface area (Å²) >= 11 is 5.29. The summed E-state index contributed by atoms with van der Waals surface area (Å²) in [5.74, 6) is 0.623. The van der Waals surface area contributed by atoms with Gasteiger partial charge in [0.2, 0.25) is 0 Å². The molecule has 1 amide bonds. The Balaban J connectivity index is 1.80. The maximum Gasteiger partial charge on any atom is 0.276 e. The van der Waals surface area contributed by atoms with Crippen molar-refractivity contribution in [2.75, 3.05) is 0 Å². The first-order valence-electron chi connectivity index (χ1n) is 6.65. The Morgan fingerprint density at radius 1 is 1.37 bits per heavy atom. The number of hydrogen-bond donors (Lipinski definition) is 1. The van der Waals surface area contributed by atoms with Crippen molar-refractivity contribution in [3.8, 4) is 0 Å². The molecule has 0 radical (unpaired) electrons. The van der Waals surface area contributed by atoms with Crippen LogP contribution in [0.2, 0.25) is 0 Å². The number of hydrogen-bond acceptors (Lipinski definition) is 3. The number of carbonyl (C=O) groups is 1. The lowest BCUT2D eigenvalue weighted by Gasteiger charge is -2.29. The summed E-state index contributed by atoms with van der Waals surface area (Å²) in [6, 6.07) is 3.86. The Bertz CT molecular complexity index is 516. The van der Waals surface area contributed by atoms with Crippen molar-refractivity contribution in [1.29, 1.82) is 0 Å². The van der Waals surface area contributed by atoms with Gasteiger partial charge in [-0.2, -0.15) is 0 Å². The average Bonchev–Trinajstić information content (AvgIpc) is 3.01. The second-order valence-electron chi connectivity index (χ2n) is 4.97. The van der Waals surface area contributed by atoms with Crippen molar-refractivity contribution in [3.05, 3.63) is 29.9 Å². The van der Waals surface area contributed by atoms with Gasteiger partial charge < -0.3 is 9.73 Å². The molecule has 1 N–H and O–H groups in total. The summed E-state index contributed by atoms with van der Waals surface area (Å²) in [4.78, 5) is 14.1. The fourth-order valence-electron chi connectivity index (χ4n) is 2.74. The van der Waals surface area contributed by atoms with Gasteiger partial charge in [-0.1, -0.05) is 19.3 Å². The Labute approximate surface area is 117 Å². The summed E-state index contributed by atoms with van der Waals surface area (Å²) in [7, 11) is 0. The lowest BCUT2D eigenvalue weighted by molar-refractivity contribution is -0.124. The van der Waals surface area contributed by atoms with Gasteiger partial charge in [-0.05, 0) is 37.2 Å². The van der Waals surface area contributed by atoms with Crippen LogP contribution in [-0.4, -0.2) is 22.0 Å². The predicted molar refractivity (Wildman–Crippen MR) is 76.1 cm³/mol. The second-order valence-corrected chi connectivity index (χ2v) is 5.36. The molecule has 5 heteroatoms. The lowest BCUT2D eigenvalue weighted by atomic mass is 9.94. The number of amides is 1. The molecule has 1 aromatic rings. The zero-order chi connectivity index (χ0) is 13.2. The fraction of sp³-hybridized carbons (Fsp3) is 0.429. The first-order chi connectivity index (χ1) is 9.25. The molecule has 0 aromatic carbocycles. The third kappa shape index (κ3) is 2.42. The highest BCUT2D eigenvalue weighted by Crippen LogP contribution is 2.26. The fourth-order valence-corrected chi connectivity index (χ4v) is 3.08. The SMILES string of the molecule is O=C1/C(=C/c2ccco2)NC(=S)N1C1CCCCC1. The molecule has 1 aliphatic carbocycles. The van der Waals surface area contributed by atoms with Crippen molar-refractivity contribution in [2.24, 2.45) is 0 Å². The largest absolute Gasteiger partial charge is 0.465 e. The molecule has 4 nitrogen and oxygen atoms in total. The first kappa shape index (κ1) is 12.4. The molecule has 3 rings (SSSR count). The highest BCUT2D eigenvalue weighted by Gasteiger charge is 2.36. The molecule has 1 aliphatic heterocycles. The quantitative estimate of drug-likeness (QED) is 0.666. The Kier molecular flexibility index (Phi) is 3.38. The smallest absolute Gasteiger partial charge is 0.276 e. The standard InChI is InChI=1S/C14H16N2O2S/c17-13-12(9-11-7-4-8-18-11)15-14(19)16(13)10-5-2-1-3-6-10/h4,7-10H,1-3,5-6H2,(H,15,19)/b12-9-. The van der Waals surface area contributed by atoms with E-state index in [0.717, 1.165) is 12.8 Å². The van der Waals surface area contributed by atoms with Crippen LogP contribution in [0.1, 0.15) is 37.9 Å². The molecule has 0 atom stereocenters. The maximum atomic E-state index is 12.4. The molecule has 19 heavy (non-hydrogen) atoms. The van der Waals surface area contributed by atoms with Gasteiger partial charge in [0.25, 0.3) is 5.91 Å². The molecule has 2 aliphatic rings. The number of nitrogens with zero attached hydrogens (tertiary/aromatic N) is 1. The van der Waals surface area contributed by atoms with Gasteiger partial charge >= 0.3 is 0 Å². The molecule has 0 unspecified atom stereocenters. The van der Waals surface area contributed by atoms with Gasteiger partial charge in [-0.25, -0.2) is 0 Å². The third-order valence-electron chi connectivity index (χ3n) is 3.68. The summed E-state index contributed by atoms with van der Waals surface area (Å²) in [5.41, 5.74) is 0.505. The maximum absolute atomic E-state index is 12.4. The van der Waals surface area contributed by atoms with E-state index in [2.05, 4.69) is 5.32 Å². The molecule has 2 heterocycles. The summed E-state index contributed by atoms with van der Waals surface area (Å²) in [6.07, 6.45) is 8.99. The number of furan rings is 1. The van der Waals surface area contributed by atoms with Crippen molar-refractivity contribution in [3.63, 3.8) is 0 Å². The number of nitrogens with one attached hydrogen (secondary N) is 1. The van der Waals surface area contributed by atoms with E-state index < -0.39 is 0 Å². The van der Waals surface area contributed by atoms with Crippen LogP contribution in [0, 0.1) is 0 Å². The van der Waals surface area contributed by atoms with E-state index in [1.54, 1.807) is 23.3 Å². The van der Waals surface area contributed by atoms with Crippen molar-refractivity contribution < 1.29 is 9.21 Å². The zero-order valence-corrected chi connectivity index (χ0v) is 11.4. The summed E-state index contributed by atoms with van der Waals surface area (Å²) in [6.45, 7) is 0. The van der Waals surface area contributed by atoms with Crippen LogP contribution in [0.15, 0.2) is 28.5 Å². The van der Waals surface area contributed by atoms with Crippen LogP contribution in [0.3, 0.4) is 0 Å². The molecule has 0 spiro atoms. The topological polar surface area (TPSA) is 45.5 Å². The number of thiocarbonyl (C=S) groups is 1. The Hall–Kier alpha value is -1.62. The summed E-state index contributed by atoms with van der Waals surface area (Å²) in [5, 5.41) is 3.52. The molecule has 0 bridgehead atoms. The molecule has 1 aromatic heterocycles. The van der Waals surface area contributed by atoms with E-state index in [9.17, 15) is 4.79 Å². The monoisotopic (exact) mass is 276 g/mol. The normalized spacial score (nSPS) is 23.2. The average molecular weight is 276 g/mol. The minimum atomic E-state index is -0.0340. The predicted octanol–water partition coefficient (Wildman–Crippen LogP) is 2.67. The van der Waals surface area contributed by atoms with E-state index >= 15 is 0 Å².